The summed E-state index contributed by atoms with van der Waals surface area (Å²) in [5, 5.41) is 1.21. The second-order valence-electron chi connectivity index (χ2n) is 8.18. The summed E-state index contributed by atoms with van der Waals surface area (Å²) >= 11 is 0. The molecule has 0 unspecified atom stereocenters. The number of likely N-dealkylation sites (tertiary alicyclic amines) is 1. The van der Waals surface area contributed by atoms with Crippen molar-refractivity contribution in [3.63, 3.8) is 0 Å². The minimum atomic E-state index is 0.0532. The highest BCUT2D eigenvalue weighted by atomic mass is 16.2. The minimum Gasteiger partial charge on any atom is -0.338 e. The van der Waals surface area contributed by atoms with Crippen molar-refractivity contribution in [1.29, 1.82) is 0 Å². The number of nitrogens with zero attached hydrogens (tertiary/aromatic N) is 4. The molecule has 1 atom stereocenters. The number of hydrogen-bond donors (Lipinski definition) is 1. The summed E-state index contributed by atoms with van der Waals surface area (Å²) in [6, 6.07) is 16.5. The minimum absolute atomic E-state index is 0.0532. The topological polar surface area (TPSA) is 69.1 Å². The summed E-state index contributed by atoms with van der Waals surface area (Å²) in [4.78, 5) is 19.8. The number of rotatable bonds is 3. The zero-order valence-corrected chi connectivity index (χ0v) is 17.5. The van der Waals surface area contributed by atoms with Gasteiger partial charge in [0.15, 0.2) is 5.82 Å². The number of carbonyl (C=O) groups excluding carboxylic acids is 1. The maximum Gasteiger partial charge on any atom is 0.253 e. The summed E-state index contributed by atoms with van der Waals surface area (Å²) < 4.78 is 4.38. The lowest BCUT2D eigenvalue weighted by Gasteiger charge is -2.30. The number of carbonyl (C=O) groups is 1. The number of amides is 1. The molecular formula is C24H27N5O. The van der Waals surface area contributed by atoms with Gasteiger partial charge in [0.05, 0.1) is 16.7 Å². The van der Waals surface area contributed by atoms with Gasteiger partial charge >= 0.3 is 0 Å². The van der Waals surface area contributed by atoms with Gasteiger partial charge in [0, 0.05) is 49.2 Å². The fourth-order valence-electron chi connectivity index (χ4n) is 4.67. The molecule has 0 radical (unpaired) electrons. The van der Waals surface area contributed by atoms with Crippen molar-refractivity contribution in [3.05, 3.63) is 54.1 Å². The van der Waals surface area contributed by atoms with Gasteiger partial charge in [-0.25, -0.2) is 4.98 Å². The highest BCUT2D eigenvalue weighted by molar-refractivity contribution is 5.98. The third-order valence-electron chi connectivity index (χ3n) is 6.23. The Kier molecular flexibility index (Phi) is 4.59. The Hall–Kier alpha value is -3.12. The molecule has 1 saturated heterocycles. The summed E-state index contributed by atoms with van der Waals surface area (Å²) in [6.07, 6.45) is 1.95. The van der Waals surface area contributed by atoms with E-state index in [1.165, 1.54) is 10.9 Å². The van der Waals surface area contributed by atoms with Crippen LogP contribution in [-0.4, -0.2) is 44.1 Å². The van der Waals surface area contributed by atoms with Crippen LogP contribution in [0.1, 0.15) is 30.1 Å². The third-order valence-corrected chi connectivity index (χ3v) is 6.23. The molecule has 0 aliphatic carbocycles. The van der Waals surface area contributed by atoms with Crippen LogP contribution in [0.15, 0.2) is 48.5 Å². The van der Waals surface area contributed by atoms with Crippen LogP contribution in [-0.2, 0) is 13.6 Å². The van der Waals surface area contributed by atoms with E-state index in [9.17, 15) is 4.79 Å². The Morgan fingerprint density at radius 1 is 1.17 bits per heavy atom. The smallest absolute Gasteiger partial charge is 0.253 e. The van der Waals surface area contributed by atoms with Crippen molar-refractivity contribution < 1.29 is 4.79 Å². The number of nitrogens with two attached hydrogens (primary N) is 1. The van der Waals surface area contributed by atoms with Crippen LogP contribution in [0, 0.1) is 0 Å². The molecule has 6 nitrogen and oxygen atoms in total. The van der Waals surface area contributed by atoms with Crippen LogP contribution in [0.25, 0.3) is 33.5 Å². The van der Waals surface area contributed by atoms with Crippen molar-refractivity contribution in [3.8, 4) is 11.5 Å². The van der Waals surface area contributed by atoms with Gasteiger partial charge in [-0.05, 0) is 50.1 Å². The van der Waals surface area contributed by atoms with E-state index in [4.69, 9.17) is 10.7 Å². The molecule has 0 spiro atoms. The molecule has 2 aromatic heterocycles. The van der Waals surface area contributed by atoms with Gasteiger partial charge < -0.3 is 19.8 Å². The highest BCUT2D eigenvalue weighted by Crippen LogP contribution is 2.30. The number of benzene rings is 2. The van der Waals surface area contributed by atoms with Crippen molar-refractivity contribution in [1.82, 2.24) is 19.0 Å². The maximum absolute atomic E-state index is 13.0. The van der Waals surface area contributed by atoms with Gasteiger partial charge in [-0.2, -0.15) is 0 Å². The van der Waals surface area contributed by atoms with Gasteiger partial charge in [0.25, 0.3) is 5.91 Å². The van der Waals surface area contributed by atoms with Crippen molar-refractivity contribution in [2.24, 2.45) is 12.8 Å². The molecule has 1 fully saturated rings. The summed E-state index contributed by atoms with van der Waals surface area (Å²) in [7, 11) is 2.02. The number of piperidine rings is 1. The van der Waals surface area contributed by atoms with Gasteiger partial charge in [-0.15, -0.1) is 0 Å². The quantitative estimate of drug-likeness (QED) is 0.568. The van der Waals surface area contributed by atoms with Crippen LogP contribution < -0.4 is 5.73 Å². The molecule has 0 saturated carbocycles. The van der Waals surface area contributed by atoms with Gasteiger partial charge in [0.2, 0.25) is 0 Å². The van der Waals surface area contributed by atoms with E-state index in [-0.39, 0.29) is 11.9 Å². The van der Waals surface area contributed by atoms with Crippen LogP contribution >= 0.6 is 0 Å². The van der Waals surface area contributed by atoms with Crippen molar-refractivity contribution in [2.45, 2.75) is 32.4 Å². The van der Waals surface area contributed by atoms with Crippen LogP contribution in [0.5, 0.6) is 0 Å². The van der Waals surface area contributed by atoms with E-state index in [0.29, 0.717) is 12.1 Å². The zero-order valence-electron chi connectivity index (χ0n) is 17.5. The molecule has 1 aliphatic rings. The monoisotopic (exact) mass is 401 g/mol. The summed E-state index contributed by atoms with van der Waals surface area (Å²) in [5.74, 6) is 0.963. The van der Waals surface area contributed by atoms with E-state index in [2.05, 4.69) is 46.4 Å². The number of aromatic nitrogens is 3. The first-order valence-corrected chi connectivity index (χ1v) is 10.7. The zero-order chi connectivity index (χ0) is 20.8. The molecule has 2 N–H and O–H groups in total. The highest BCUT2D eigenvalue weighted by Gasteiger charge is 2.23. The Labute approximate surface area is 175 Å². The third kappa shape index (κ3) is 2.99. The molecular weight excluding hydrogens is 374 g/mol. The Balaban J connectivity index is 1.58. The molecule has 154 valence electrons. The van der Waals surface area contributed by atoms with Crippen LogP contribution in [0.3, 0.4) is 0 Å². The number of hydrogen-bond acceptors (Lipinski definition) is 3. The van der Waals surface area contributed by atoms with Gasteiger partial charge in [0.1, 0.15) is 0 Å². The maximum atomic E-state index is 13.0. The molecule has 6 heteroatoms. The first-order chi connectivity index (χ1) is 14.6. The lowest BCUT2D eigenvalue weighted by atomic mass is 10.1. The average molecular weight is 402 g/mol. The van der Waals surface area contributed by atoms with E-state index in [0.717, 1.165) is 48.5 Å². The Bertz CT molecular complexity index is 1250. The second kappa shape index (κ2) is 7.29. The lowest BCUT2D eigenvalue weighted by molar-refractivity contribution is 0.0709. The molecule has 0 bridgehead atoms. The largest absolute Gasteiger partial charge is 0.338 e. The number of imidazole rings is 1. The molecule has 4 aromatic rings. The standard InChI is InChI=1S/C24H27N5O/c1-3-29-20-9-5-4-7-16(20)13-22(29)23-26-19-11-10-17(14-21(19)27(23)2)24(30)28-12-6-8-18(25)15-28/h4-5,7,9-11,13-14,18H,3,6,8,12,15,25H2,1-2H3/t18-/m0/s1. The molecule has 5 rings (SSSR count). The number of para-hydroxylation sites is 1. The normalized spacial score (nSPS) is 17.2. The SMILES string of the molecule is CCn1c(-c2nc3ccc(C(=O)N4CCC[C@H](N)C4)cc3n2C)cc2ccccc21. The van der Waals surface area contributed by atoms with Crippen LogP contribution in [0.4, 0.5) is 0 Å². The number of fused-ring (bicyclic) bond motifs is 2. The summed E-state index contributed by atoms with van der Waals surface area (Å²) in [5.41, 5.74) is 10.9. The average Bonchev–Trinajstić information content (AvgIpc) is 3.30. The molecule has 3 heterocycles. The van der Waals surface area contributed by atoms with E-state index in [1.54, 1.807) is 0 Å². The van der Waals surface area contributed by atoms with Crippen LogP contribution in [0.2, 0.25) is 0 Å². The molecule has 1 amide bonds. The first kappa shape index (κ1) is 18.9. The van der Waals surface area contributed by atoms with Gasteiger partial charge in [-0.1, -0.05) is 18.2 Å². The predicted molar refractivity (Wildman–Crippen MR) is 120 cm³/mol. The van der Waals surface area contributed by atoms with Crippen molar-refractivity contribution in [2.75, 3.05) is 13.1 Å². The molecule has 30 heavy (non-hydrogen) atoms. The summed E-state index contributed by atoms with van der Waals surface area (Å²) in [6.45, 7) is 4.42. The van der Waals surface area contributed by atoms with E-state index in [1.807, 2.05) is 30.1 Å². The van der Waals surface area contributed by atoms with E-state index < -0.39 is 0 Å². The molecule has 1 aliphatic heterocycles. The molecule has 2 aromatic carbocycles. The lowest BCUT2D eigenvalue weighted by Crippen LogP contribution is -2.45. The first-order valence-electron chi connectivity index (χ1n) is 10.7. The fourth-order valence-corrected chi connectivity index (χ4v) is 4.67. The second-order valence-corrected chi connectivity index (χ2v) is 8.18. The van der Waals surface area contributed by atoms with E-state index >= 15 is 0 Å². The Morgan fingerprint density at radius 3 is 2.80 bits per heavy atom. The predicted octanol–water partition coefficient (Wildman–Crippen LogP) is 3.78. The van der Waals surface area contributed by atoms with Crippen molar-refractivity contribution >= 4 is 27.8 Å². The Morgan fingerprint density at radius 2 is 2.00 bits per heavy atom. The fraction of sp³-hybridized carbons (Fsp3) is 0.333. The van der Waals surface area contributed by atoms with Gasteiger partial charge in [-0.3, -0.25) is 4.79 Å². The number of aryl methyl sites for hydroxylation is 2.